The number of guanidine groups is 1. The van der Waals surface area contributed by atoms with Gasteiger partial charge < -0.3 is 11.5 Å². The van der Waals surface area contributed by atoms with Crippen LogP contribution >= 0.6 is 0 Å². The molecule has 0 unspecified atom stereocenters. The third-order valence-electron chi connectivity index (χ3n) is 3.09. The first-order valence-electron chi connectivity index (χ1n) is 6.93. The summed E-state index contributed by atoms with van der Waals surface area (Å²) < 4.78 is 61.3. The van der Waals surface area contributed by atoms with E-state index >= 15 is 0 Å². The Bertz CT molecular complexity index is 968. The summed E-state index contributed by atoms with van der Waals surface area (Å²) >= 11 is 0. The highest BCUT2D eigenvalue weighted by molar-refractivity contribution is 7.93. The molecule has 0 aliphatic heterocycles. The molecule has 0 bridgehead atoms. The van der Waals surface area contributed by atoms with Gasteiger partial charge in [0.1, 0.15) is 0 Å². The Morgan fingerprint density at radius 3 is 2.15 bits per heavy atom. The number of nitrogens with two attached hydrogens (primary N) is 2. The van der Waals surface area contributed by atoms with Crippen molar-refractivity contribution in [1.82, 2.24) is 0 Å². The molecule has 0 spiro atoms. The molecule has 138 valence electrons. The molecule has 26 heavy (non-hydrogen) atoms. The van der Waals surface area contributed by atoms with Gasteiger partial charge in [0, 0.05) is 11.3 Å². The predicted molar refractivity (Wildman–Crippen MR) is 90.6 cm³/mol. The first kappa shape index (κ1) is 19.2. The molecule has 11 heteroatoms. The second-order valence-corrected chi connectivity index (χ2v) is 6.73. The quantitative estimate of drug-likeness (QED) is 0.547. The van der Waals surface area contributed by atoms with Gasteiger partial charge in [0.2, 0.25) is 0 Å². The number of hydrogen-bond donors (Lipinski definition) is 3. The number of halogens is 3. The van der Waals surface area contributed by atoms with Crippen LogP contribution in [0.3, 0.4) is 0 Å². The molecule has 2 rings (SSSR count). The van der Waals surface area contributed by atoms with Crippen LogP contribution in [0.25, 0.3) is 11.1 Å². The molecule has 0 saturated heterocycles. The van der Waals surface area contributed by atoms with Gasteiger partial charge in [0.25, 0.3) is 5.91 Å². The lowest BCUT2D eigenvalue weighted by atomic mass is 10.0. The van der Waals surface area contributed by atoms with Crippen LogP contribution in [0, 0.1) is 0 Å². The number of carbonyl (C=O) groups excluding carboxylic acids is 1. The van der Waals surface area contributed by atoms with E-state index < -0.39 is 27.4 Å². The molecule has 0 heterocycles. The maximum absolute atomic E-state index is 12.5. The number of alkyl halides is 3. The van der Waals surface area contributed by atoms with Gasteiger partial charge in [-0.15, -0.1) is 0 Å². The van der Waals surface area contributed by atoms with E-state index in [1.54, 1.807) is 6.07 Å². The minimum absolute atomic E-state index is 0.150. The zero-order chi connectivity index (χ0) is 19.5. The molecule has 2 aromatic rings. The molecule has 0 saturated carbocycles. The van der Waals surface area contributed by atoms with Crippen LogP contribution in [0.15, 0.2) is 53.5 Å². The van der Waals surface area contributed by atoms with Crippen LogP contribution < -0.4 is 16.2 Å². The summed E-state index contributed by atoms with van der Waals surface area (Å²) in [7, 11) is -5.53. The van der Waals surface area contributed by atoms with Crippen molar-refractivity contribution in [2.75, 3.05) is 4.72 Å². The molecule has 0 atom stereocenters. The number of benzene rings is 2. The van der Waals surface area contributed by atoms with Crippen molar-refractivity contribution in [3.05, 3.63) is 54.1 Å². The van der Waals surface area contributed by atoms with Gasteiger partial charge in [-0.3, -0.25) is 9.52 Å². The number of amides is 1. The van der Waals surface area contributed by atoms with E-state index in [0.717, 1.165) is 0 Å². The summed E-state index contributed by atoms with van der Waals surface area (Å²) in [5.74, 6) is -1.11. The van der Waals surface area contributed by atoms with Crippen LogP contribution in [-0.2, 0) is 10.0 Å². The topological polar surface area (TPSA) is 128 Å². The standard InChI is InChI=1S/C15H13F3N4O3S/c16-15(17,18)26(24,25)22-12-6-2-4-10(8-12)9-3-1-5-11(7-9)13(23)21-14(19)20/h1-8,22H,(H4,19,20,21,23). The Morgan fingerprint density at radius 1 is 1.00 bits per heavy atom. The smallest absolute Gasteiger partial charge is 0.370 e. The zero-order valence-corrected chi connectivity index (χ0v) is 13.8. The van der Waals surface area contributed by atoms with E-state index in [9.17, 15) is 26.4 Å². The average molecular weight is 386 g/mol. The zero-order valence-electron chi connectivity index (χ0n) is 13.0. The first-order chi connectivity index (χ1) is 12.0. The van der Waals surface area contributed by atoms with Gasteiger partial charge in [0.05, 0.1) is 0 Å². The highest BCUT2D eigenvalue weighted by Gasteiger charge is 2.46. The van der Waals surface area contributed by atoms with E-state index in [2.05, 4.69) is 4.99 Å². The van der Waals surface area contributed by atoms with Crippen LogP contribution in [-0.4, -0.2) is 25.8 Å². The number of anilines is 1. The number of rotatable bonds is 4. The van der Waals surface area contributed by atoms with Crippen LogP contribution in [0.5, 0.6) is 0 Å². The summed E-state index contributed by atoms with van der Waals surface area (Å²) in [6.45, 7) is 0. The lowest BCUT2D eigenvalue weighted by Crippen LogP contribution is -2.29. The van der Waals surface area contributed by atoms with Gasteiger partial charge in [0.15, 0.2) is 5.96 Å². The van der Waals surface area contributed by atoms with Crippen LogP contribution in [0.4, 0.5) is 18.9 Å². The van der Waals surface area contributed by atoms with Crippen molar-refractivity contribution in [1.29, 1.82) is 0 Å². The SMILES string of the molecule is NC(N)=NC(=O)c1cccc(-c2cccc(NS(=O)(=O)C(F)(F)F)c2)c1. The second kappa shape index (κ2) is 7.04. The number of carbonyl (C=O) groups is 1. The summed E-state index contributed by atoms with van der Waals surface area (Å²) in [5, 5.41) is 0. The molecule has 7 nitrogen and oxygen atoms in total. The summed E-state index contributed by atoms with van der Waals surface area (Å²) in [6, 6.07) is 11.3. The summed E-state index contributed by atoms with van der Waals surface area (Å²) in [4.78, 5) is 15.2. The predicted octanol–water partition coefficient (Wildman–Crippen LogP) is 2.03. The van der Waals surface area contributed by atoms with Crippen LogP contribution in [0.1, 0.15) is 10.4 Å². The molecule has 5 N–H and O–H groups in total. The second-order valence-electron chi connectivity index (χ2n) is 5.05. The van der Waals surface area contributed by atoms with E-state index in [-0.39, 0.29) is 11.3 Å². The third kappa shape index (κ3) is 4.51. The Morgan fingerprint density at radius 2 is 1.58 bits per heavy atom. The van der Waals surface area contributed by atoms with Crippen molar-refractivity contribution in [3.8, 4) is 11.1 Å². The fraction of sp³-hybridized carbons (Fsp3) is 0.0667. The normalized spacial score (nSPS) is 11.7. The fourth-order valence-electron chi connectivity index (χ4n) is 1.99. The van der Waals surface area contributed by atoms with Crippen molar-refractivity contribution in [3.63, 3.8) is 0 Å². The Balaban J connectivity index is 2.37. The van der Waals surface area contributed by atoms with E-state index in [4.69, 9.17) is 11.5 Å². The fourth-order valence-corrected chi connectivity index (χ4v) is 2.54. The maximum atomic E-state index is 12.5. The number of nitrogens with one attached hydrogen (secondary N) is 1. The van der Waals surface area contributed by atoms with Crippen molar-refractivity contribution in [2.24, 2.45) is 16.5 Å². The number of aliphatic imine (C=N–C) groups is 1. The molecule has 0 fully saturated rings. The van der Waals surface area contributed by atoms with Gasteiger partial charge >= 0.3 is 15.5 Å². The average Bonchev–Trinajstić information content (AvgIpc) is 2.53. The molecule has 0 radical (unpaired) electrons. The first-order valence-corrected chi connectivity index (χ1v) is 8.41. The van der Waals surface area contributed by atoms with Crippen molar-refractivity contribution < 1.29 is 26.4 Å². The van der Waals surface area contributed by atoms with E-state index in [1.165, 1.54) is 47.2 Å². The molecule has 2 aromatic carbocycles. The lowest BCUT2D eigenvalue weighted by molar-refractivity contribution is -0.0429. The minimum Gasteiger partial charge on any atom is -0.370 e. The molecule has 1 amide bonds. The van der Waals surface area contributed by atoms with Crippen molar-refractivity contribution >= 4 is 27.6 Å². The Kier molecular flexibility index (Phi) is 5.21. The molecular formula is C15H13F3N4O3S. The number of nitrogens with zero attached hydrogens (tertiary/aromatic N) is 1. The van der Waals surface area contributed by atoms with Gasteiger partial charge in [-0.05, 0) is 35.4 Å². The minimum atomic E-state index is -5.53. The Hall–Kier alpha value is -3.08. The number of sulfonamides is 1. The molecular weight excluding hydrogens is 373 g/mol. The number of hydrogen-bond acceptors (Lipinski definition) is 3. The lowest BCUT2D eigenvalue weighted by Gasteiger charge is -2.11. The van der Waals surface area contributed by atoms with Gasteiger partial charge in [-0.2, -0.15) is 26.6 Å². The van der Waals surface area contributed by atoms with E-state index in [0.29, 0.717) is 11.1 Å². The third-order valence-corrected chi connectivity index (χ3v) is 4.21. The van der Waals surface area contributed by atoms with Gasteiger partial charge in [-0.25, -0.2) is 0 Å². The maximum Gasteiger partial charge on any atom is 0.516 e. The monoisotopic (exact) mass is 386 g/mol. The van der Waals surface area contributed by atoms with E-state index in [1.807, 2.05) is 0 Å². The summed E-state index contributed by atoms with van der Waals surface area (Å²) in [6.07, 6.45) is 0. The van der Waals surface area contributed by atoms with Crippen LogP contribution in [0.2, 0.25) is 0 Å². The highest BCUT2D eigenvalue weighted by Crippen LogP contribution is 2.28. The highest BCUT2D eigenvalue weighted by atomic mass is 32.2. The summed E-state index contributed by atoms with van der Waals surface area (Å²) in [5.41, 5.74) is 5.56. The van der Waals surface area contributed by atoms with Gasteiger partial charge in [-0.1, -0.05) is 24.3 Å². The Labute approximate surface area is 146 Å². The largest absolute Gasteiger partial charge is 0.516 e. The molecule has 0 aliphatic rings. The molecule has 0 aliphatic carbocycles. The molecule has 0 aromatic heterocycles. The van der Waals surface area contributed by atoms with Crippen molar-refractivity contribution in [2.45, 2.75) is 5.51 Å².